The molecular weight excluding hydrogens is 268 g/mol. The minimum absolute atomic E-state index is 0.0645. The van der Waals surface area contributed by atoms with Gasteiger partial charge in [-0.05, 0) is 50.5 Å². The normalized spacial score (nSPS) is 14.1. The third-order valence-electron chi connectivity index (χ3n) is 3.01. The molecule has 0 heterocycles. The SMILES string of the molecule is CCc1cc(C)cc(O[C@@H](C)C[C@@H](C)O/C(O)=C/[N+]#N)c1. The molecule has 5 heteroatoms. The van der Waals surface area contributed by atoms with E-state index in [9.17, 15) is 5.11 Å². The zero-order valence-electron chi connectivity index (χ0n) is 13.0. The number of ether oxygens (including phenoxy) is 2. The molecule has 5 nitrogen and oxygen atoms in total. The number of aliphatic hydroxyl groups is 1. The van der Waals surface area contributed by atoms with Gasteiger partial charge in [-0.15, -0.1) is 0 Å². The van der Waals surface area contributed by atoms with Crippen molar-refractivity contribution in [2.45, 2.75) is 52.7 Å². The van der Waals surface area contributed by atoms with E-state index >= 15 is 0 Å². The summed E-state index contributed by atoms with van der Waals surface area (Å²) in [5.74, 6) is 0.428. The minimum atomic E-state index is -0.416. The summed E-state index contributed by atoms with van der Waals surface area (Å²) in [6, 6.07) is 6.19. The Hall–Kier alpha value is -2.22. The highest BCUT2D eigenvalue weighted by Gasteiger charge is 2.14. The van der Waals surface area contributed by atoms with Crippen LogP contribution in [0, 0.1) is 12.3 Å². The minimum Gasteiger partial charge on any atom is -0.491 e. The molecule has 0 aliphatic heterocycles. The van der Waals surface area contributed by atoms with Crippen LogP contribution in [0.4, 0.5) is 0 Å². The van der Waals surface area contributed by atoms with Crippen molar-refractivity contribution in [2.24, 2.45) is 0 Å². The van der Waals surface area contributed by atoms with E-state index in [1.807, 2.05) is 32.9 Å². The van der Waals surface area contributed by atoms with Gasteiger partial charge >= 0.3 is 12.1 Å². The molecule has 0 aromatic heterocycles. The van der Waals surface area contributed by atoms with E-state index in [4.69, 9.17) is 14.9 Å². The number of benzene rings is 1. The van der Waals surface area contributed by atoms with Gasteiger partial charge in [0.1, 0.15) is 11.9 Å². The first-order chi connectivity index (χ1) is 9.94. The first kappa shape index (κ1) is 16.8. The van der Waals surface area contributed by atoms with Gasteiger partial charge < -0.3 is 14.6 Å². The molecule has 0 bridgehead atoms. The molecule has 0 amide bonds. The summed E-state index contributed by atoms with van der Waals surface area (Å²) in [6.07, 6.45) is 2.09. The molecule has 2 atom stereocenters. The summed E-state index contributed by atoms with van der Waals surface area (Å²) in [4.78, 5) is 2.70. The van der Waals surface area contributed by atoms with Crippen molar-refractivity contribution in [2.75, 3.05) is 0 Å². The molecule has 1 N–H and O–H groups in total. The predicted molar refractivity (Wildman–Crippen MR) is 81.6 cm³/mol. The highest BCUT2D eigenvalue weighted by atomic mass is 16.6. The van der Waals surface area contributed by atoms with Gasteiger partial charge in [-0.3, -0.25) is 0 Å². The summed E-state index contributed by atoms with van der Waals surface area (Å²) in [5, 5.41) is 17.6. The Morgan fingerprint density at radius 2 is 2.05 bits per heavy atom. The van der Waals surface area contributed by atoms with Gasteiger partial charge in [-0.1, -0.05) is 13.0 Å². The predicted octanol–water partition coefficient (Wildman–Crippen LogP) is 4.33. The molecule has 1 aromatic carbocycles. The van der Waals surface area contributed by atoms with Crippen molar-refractivity contribution in [1.82, 2.24) is 0 Å². The highest BCUT2D eigenvalue weighted by molar-refractivity contribution is 5.33. The molecule has 114 valence electrons. The summed E-state index contributed by atoms with van der Waals surface area (Å²) in [5.41, 5.74) is 2.41. The third-order valence-corrected chi connectivity index (χ3v) is 3.01. The Kier molecular flexibility index (Phi) is 6.54. The average molecular weight is 291 g/mol. The molecule has 0 spiro atoms. The molecule has 0 saturated carbocycles. The van der Waals surface area contributed by atoms with Crippen molar-refractivity contribution in [3.05, 3.63) is 46.4 Å². The quantitative estimate of drug-likeness (QED) is 0.599. The molecule has 0 aliphatic rings. The van der Waals surface area contributed by atoms with Crippen LogP contribution >= 0.6 is 0 Å². The van der Waals surface area contributed by atoms with Gasteiger partial charge in [-0.25, -0.2) is 0 Å². The Balaban J connectivity index is 2.57. The first-order valence-electron chi connectivity index (χ1n) is 7.11. The number of rotatable bonds is 7. The van der Waals surface area contributed by atoms with Gasteiger partial charge in [0.25, 0.3) is 0 Å². The monoisotopic (exact) mass is 291 g/mol. The van der Waals surface area contributed by atoms with Crippen LogP contribution in [0.2, 0.25) is 0 Å². The Labute approximate surface area is 125 Å². The van der Waals surface area contributed by atoms with Crippen LogP contribution in [-0.4, -0.2) is 17.3 Å². The van der Waals surface area contributed by atoms with Crippen LogP contribution in [0.5, 0.6) is 5.75 Å². The number of diazo groups is 1. The maximum Gasteiger partial charge on any atom is 0.429 e. The molecule has 1 rings (SSSR count). The lowest BCUT2D eigenvalue weighted by Gasteiger charge is -2.19. The number of hydrogen-bond acceptors (Lipinski definition) is 4. The van der Waals surface area contributed by atoms with Crippen molar-refractivity contribution in [3.8, 4) is 5.75 Å². The topological polar surface area (TPSA) is 66.8 Å². The van der Waals surface area contributed by atoms with Crippen LogP contribution < -0.4 is 4.74 Å². The van der Waals surface area contributed by atoms with E-state index < -0.39 is 5.95 Å². The number of hydrogen-bond donors (Lipinski definition) is 1. The van der Waals surface area contributed by atoms with Gasteiger partial charge in [0.15, 0.2) is 4.98 Å². The standard InChI is InChI=1S/C16H22N2O3/c1-5-14-6-11(2)7-15(9-14)20-12(3)8-13(4)21-16(19)10-18-17/h6-7,9-10,12-13H,5,8H2,1-4H3/p+1/b16-10+/t12-,13+/m0/s1. The molecule has 0 saturated heterocycles. The summed E-state index contributed by atoms with van der Waals surface area (Å²) in [7, 11) is 0. The fourth-order valence-corrected chi connectivity index (χ4v) is 2.18. The maximum absolute atomic E-state index is 9.27. The fraction of sp³-hybridized carbons (Fsp3) is 0.500. The van der Waals surface area contributed by atoms with Crippen LogP contribution in [0.15, 0.2) is 30.3 Å². The van der Waals surface area contributed by atoms with Crippen molar-refractivity contribution >= 4 is 0 Å². The summed E-state index contributed by atoms with van der Waals surface area (Å²) >= 11 is 0. The maximum atomic E-state index is 9.27. The van der Waals surface area contributed by atoms with Gasteiger partial charge in [-0.2, -0.15) is 0 Å². The lowest BCUT2D eigenvalue weighted by molar-refractivity contribution is 0.0195. The highest BCUT2D eigenvalue weighted by Crippen LogP contribution is 2.20. The van der Waals surface area contributed by atoms with Crippen molar-refractivity contribution in [3.63, 3.8) is 0 Å². The van der Waals surface area contributed by atoms with E-state index in [2.05, 4.69) is 18.0 Å². The summed E-state index contributed by atoms with van der Waals surface area (Å²) < 4.78 is 11.0. The van der Waals surface area contributed by atoms with E-state index in [0.717, 1.165) is 18.4 Å². The number of aryl methyl sites for hydroxylation is 2. The van der Waals surface area contributed by atoms with E-state index in [1.165, 1.54) is 11.1 Å². The number of nitrogens with zero attached hydrogens (tertiary/aromatic N) is 2. The molecule has 0 aliphatic carbocycles. The van der Waals surface area contributed by atoms with E-state index in [0.29, 0.717) is 6.42 Å². The third kappa shape index (κ3) is 6.17. The zero-order valence-corrected chi connectivity index (χ0v) is 13.0. The molecule has 0 fully saturated rings. The molecule has 21 heavy (non-hydrogen) atoms. The van der Waals surface area contributed by atoms with Crippen molar-refractivity contribution in [1.29, 1.82) is 5.39 Å². The average Bonchev–Trinajstić information content (AvgIpc) is 2.37. The molecule has 0 radical (unpaired) electrons. The van der Waals surface area contributed by atoms with E-state index in [1.54, 1.807) is 0 Å². The second-order valence-electron chi connectivity index (χ2n) is 5.18. The zero-order chi connectivity index (χ0) is 15.8. The van der Waals surface area contributed by atoms with Gasteiger partial charge in [0, 0.05) is 6.42 Å². The molecule has 1 aromatic rings. The van der Waals surface area contributed by atoms with Crippen LogP contribution in [-0.2, 0) is 11.2 Å². The Bertz CT molecular complexity index is 535. The first-order valence-corrected chi connectivity index (χ1v) is 7.11. The smallest absolute Gasteiger partial charge is 0.429 e. The van der Waals surface area contributed by atoms with E-state index in [-0.39, 0.29) is 12.2 Å². The largest absolute Gasteiger partial charge is 0.491 e. The second-order valence-corrected chi connectivity index (χ2v) is 5.18. The lowest BCUT2D eigenvalue weighted by atomic mass is 10.1. The van der Waals surface area contributed by atoms with Gasteiger partial charge in [0.2, 0.25) is 5.39 Å². The summed E-state index contributed by atoms with van der Waals surface area (Å²) in [6.45, 7) is 7.92. The molecule has 0 unspecified atom stereocenters. The fourth-order valence-electron chi connectivity index (χ4n) is 2.18. The Morgan fingerprint density at radius 3 is 2.67 bits per heavy atom. The second kappa shape index (κ2) is 8.15. The Morgan fingerprint density at radius 1 is 1.33 bits per heavy atom. The number of aliphatic hydroxyl groups excluding tert-OH is 1. The van der Waals surface area contributed by atoms with Crippen molar-refractivity contribution < 1.29 is 14.6 Å². The van der Waals surface area contributed by atoms with Crippen LogP contribution in [0.1, 0.15) is 38.3 Å². The molecular formula is C16H23N2O3+. The van der Waals surface area contributed by atoms with Crippen LogP contribution in [0.25, 0.3) is 4.98 Å². The van der Waals surface area contributed by atoms with Crippen LogP contribution in [0.3, 0.4) is 0 Å². The lowest BCUT2D eigenvalue weighted by Crippen LogP contribution is -2.20. The van der Waals surface area contributed by atoms with Gasteiger partial charge in [0.05, 0.1) is 6.10 Å².